The minimum atomic E-state index is -0.560. The van der Waals surface area contributed by atoms with Gasteiger partial charge in [-0.2, -0.15) is 0 Å². The van der Waals surface area contributed by atoms with Gasteiger partial charge in [0.2, 0.25) is 0 Å². The molecule has 0 amide bonds. The summed E-state index contributed by atoms with van der Waals surface area (Å²) in [5.74, 6) is 0. The standard InChI is InChI=1S/C3H8O2.2ClH.Hg/c1-3(5)2-4;;;/h3-5H,2H2,1H3;2*1H;/q;;;+2/p-2. The Balaban J connectivity index is -0.0000000267. The smallest absolute Gasteiger partial charge is 1.00 e. The van der Waals surface area contributed by atoms with E-state index in [2.05, 4.69) is 0 Å². The molecule has 0 fully saturated rings. The van der Waals surface area contributed by atoms with Gasteiger partial charge in [0.15, 0.2) is 0 Å². The molecular weight excluding hydrogens is 340 g/mol. The molecule has 48 valence electrons. The van der Waals surface area contributed by atoms with Crippen molar-refractivity contribution in [2.75, 3.05) is 6.61 Å². The van der Waals surface area contributed by atoms with E-state index < -0.39 is 6.10 Å². The summed E-state index contributed by atoms with van der Waals surface area (Å²) >= 11 is 0. The summed E-state index contributed by atoms with van der Waals surface area (Å²) in [5.41, 5.74) is 0. The van der Waals surface area contributed by atoms with Crippen LogP contribution >= 0.6 is 0 Å². The van der Waals surface area contributed by atoms with Crippen molar-refractivity contribution in [1.29, 1.82) is 0 Å². The molecule has 0 aliphatic rings. The van der Waals surface area contributed by atoms with Gasteiger partial charge in [-0.3, -0.25) is 0 Å². The van der Waals surface area contributed by atoms with Gasteiger partial charge >= 0.3 is 27.7 Å². The predicted octanol–water partition coefficient (Wildman–Crippen LogP) is -6.63. The van der Waals surface area contributed by atoms with Crippen molar-refractivity contribution in [2.24, 2.45) is 0 Å². The van der Waals surface area contributed by atoms with Gasteiger partial charge in [-0.1, -0.05) is 0 Å². The van der Waals surface area contributed by atoms with Crippen molar-refractivity contribution in [1.82, 2.24) is 0 Å². The Kier molecular flexibility index (Phi) is 44.8. The van der Waals surface area contributed by atoms with Crippen LogP contribution in [0.3, 0.4) is 0 Å². The number of rotatable bonds is 1. The zero-order valence-electron chi connectivity index (χ0n) is 4.64. The normalized spacial score (nSPS) is 9.38. The number of hydrogen-bond donors (Lipinski definition) is 2. The summed E-state index contributed by atoms with van der Waals surface area (Å²) < 4.78 is 0. The molecule has 0 heterocycles. The van der Waals surface area contributed by atoms with Gasteiger partial charge in [0.1, 0.15) is 0 Å². The van der Waals surface area contributed by atoms with Crippen LogP contribution < -0.4 is 24.8 Å². The fraction of sp³-hybridized carbons (Fsp3) is 1.00. The van der Waals surface area contributed by atoms with Crippen molar-refractivity contribution in [3.05, 3.63) is 0 Å². The van der Waals surface area contributed by atoms with Gasteiger partial charge < -0.3 is 35.0 Å². The molecule has 0 aliphatic carbocycles. The van der Waals surface area contributed by atoms with E-state index in [1.165, 1.54) is 6.92 Å². The Hall–Kier alpha value is 1.44. The van der Waals surface area contributed by atoms with Crippen LogP contribution in [-0.4, -0.2) is 22.9 Å². The third kappa shape index (κ3) is 26.1. The van der Waals surface area contributed by atoms with E-state index in [-0.39, 0.29) is 59.1 Å². The summed E-state index contributed by atoms with van der Waals surface area (Å²) in [7, 11) is 0. The van der Waals surface area contributed by atoms with Gasteiger partial charge in [-0.15, -0.1) is 0 Å². The maximum absolute atomic E-state index is 8.11. The first-order chi connectivity index (χ1) is 2.27. The third-order valence-corrected chi connectivity index (χ3v) is 0.264. The number of hydrogen-bond acceptors (Lipinski definition) is 2. The largest absolute Gasteiger partial charge is 2.00 e. The molecule has 0 saturated carbocycles. The molecule has 0 aromatic rings. The monoisotopic (exact) mass is 348 g/mol. The summed E-state index contributed by atoms with van der Waals surface area (Å²) in [6.07, 6.45) is -0.560. The van der Waals surface area contributed by atoms with Crippen LogP contribution in [0.25, 0.3) is 0 Å². The van der Waals surface area contributed by atoms with E-state index in [1.807, 2.05) is 0 Å². The molecule has 0 aromatic heterocycles. The SMILES string of the molecule is CC(O)CO.[Cl-].[Cl-].[Hg+2]. The van der Waals surface area contributed by atoms with E-state index in [0.29, 0.717) is 0 Å². The Labute approximate surface area is 82.0 Å². The van der Waals surface area contributed by atoms with Crippen LogP contribution in [0, 0.1) is 0 Å². The van der Waals surface area contributed by atoms with Crippen LogP contribution in [0.1, 0.15) is 6.92 Å². The molecule has 0 rings (SSSR count). The summed E-state index contributed by atoms with van der Waals surface area (Å²) in [6, 6.07) is 0. The minimum absolute atomic E-state index is 0. The Morgan fingerprint density at radius 1 is 1.38 bits per heavy atom. The first-order valence-corrected chi connectivity index (χ1v) is 1.56. The van der Waals surface area contributed by atoms with Gasteiger partial charge in [0, 0.05) is 0 Å². The Morgan fingerprint density at radius 3 is 1.50 bits per heavy atom. The second-order valence-electron chi connectivity index (χ2n) is 1.03. The average molecular weight is 348 g/mol. The molecule has 5 heteroatoms. The summed E-state index contributed by atoms with van der Waals surface area (Å²) in [6.45, 7) is 1.39. The number of aliphatic hydroxyl groups excluding tert-OH is 2. The number of halogens is 2. The van der Waals surface area contributed by atoms with E-state index in [0.717, 1.165) is 0 Å². The molecule has 0 aromatic carbocycles. The summed E-state index contributed by atoms with van der Waals surface area (Å²) in [4.78, 5) is 0. The van der Waals surface area contributed by atoms with Crippen LogP contribution in [0.5, 0.6) is 0 Å². The van der Waals surface area contributed by atoms with E-state index in [9.17, 15) is 0 Å². The fourth-order valence-corrected chi connectivity index (χ4v) is 0. The second-order valence-corrected chi connectivity index (χ2v) is 1.03. The van der Waals surface area contributed by atoms with Crippen LogP contribution in [0.2, 0.25) is 0 Å². The van der Waals surface area contributed by atoms with Crippen LogP contribution in [0.4, 0.5) is 0 Å². The van der Waals surface area contributed by atoms with Crippen molar-refractivity contribution in [2.45, 2.75) is 13.0 Å². The van der Waals surface area contributed by atoms with Crippen molar-refractivity contribution in [3.8, 4) is 0 Å². The molecule has 0 aliphatic heterocycles. The first kappa shape index (κ1) is 22.7. The van der Waals surface area contributed by atoms with Crippen LogP contribution in [0.15, 0.2) is 0 Å². The minimum Gasteiger partial charge on any atom is -1.00 e. The van der Waals surface area contributed by atoms with E-state index in [1.54, 1.807) is 0 Å². The molecule has 0 spiro atoms. The van der Waals surface area contributed by atoms with Gasteiger partial charge in [-0.05, 0) is 6.92 Å². The maximum atomic E-state index is 8.11. The molecule has 1 atom stereocenters. The molecule has 8 heavy (non-hydrogen) atoms. The third-order valence-electron chi connectivity index (χ3n) is 0.264. The van der Waals surface area contributed by atoms with Gasteiger partial charge in [0.25, 0.3) is 0 Å². The fourth-order valence-electron chi connectivity index (χ4n) is 0. The second kappa shape index (κ2) is 15.8. The van der Waals surface area contributed by atoms with Gasteiger partial charge in [0.05, 0.1) is 12.7 Å². The molecular formula is C3H8Cl2HgO2. The van der Waals surface area contributed by atoms with Crippen molar-refractivity contribution >= 4 is 0 Å². The predicted molar refractivity (Wildman–Crippen MR) is 18.8 cm³/mol. The maximum Gasteiger partial charge on any atom is 2.00 e. The quantitative estimate of drug-likeness (QED) is 0.463. The van der Waals surface area contributed by atoms with Crippen LogP contribution in [-0.2, 0) is 27.7 Å². The Morgan fingerprint density at radius 2 is 1.50 bits per heavy atom. The topological polar surface area (TPSA) is 40.5 Å². The first-order valence-electron chi connectivity index (χ1n) is 1.56. The number of aliphatic hydroxyl groups is 2. The van der Waals surface area contributed by atoms with Gasteiger partial charge in [-0.25, -0.2) is 0 Å². The zero-order chi connectivity index (χ0) is 4.28. The van der Waals surface area contributed by atoms with E-state index >= 15 is 0 Å². The average Bonchev–Trinajstić information content (AvgIpc) is 1.38. The van der Waals surface area contributed by atoms with Crippen molar-refractivity contribution < 1.29 is 62.7 Å². The van der Waals surface area contributed by atoms with E-state index in [4.69, 9.17) is 10.2 Å². The van der Waals surface area contributed by atoms with Crippen molar-refractivity contribution in [3.63, 3.8) is 0 Å². The molecule has 0 saturated heterocycles. The molecule has 0 radical (unpaired) electrons. The molecule has 2 N–H and O–H groups in total. The molecule has 1 unspecified atom stereocenters. The molecule has 0 bridgehead atoms. The summed E-state index contributed by atoms with van der Waals surface area (Å²) in [5, 5.41) is 16.0. The zero-order valence-corrected chi connectivity index (χ0v) is 11.7. The molecule has 2 nitrogen and oxygen atoms in total. The Bertz CT molecular complexity index is 29.2.